The average molecular weight is 401 g/mol. The van der Waals surface area contributed by atoms with Gasteiger partial charge in [0.05, 0.1) is 18.2 Å². The Bertz CT molecular complexity index is 1030. The number of H-pyrrole nitrogens is 1. The van der Waals surface area contributed by atoms with Crippen molar-refractivity contribution in [2.45, 2.75) is 65.1 Å². The van der Waals surface area contributed by atoms with Crippen molar-refractivity contribution in [3.8, 4) is 0 Å². The lowest BCUT2D eigenvalue weighted by Crippen LogP contribution is -2.45. The van der Waals surface area contributed by atoms with Crippen molar-refractivity contribution in [2.24, 2.45) is 0 Å². The van der Waals surface area contributed by atoms with E-state index in [2.05, 4.69) is 10.1 Å². The normalized spacial score (nSPS) is 19.3. The number of likely N-dealkylation sites (tertiary alicyclic amines) is 1. The van der Waals surface area contributed by atoms with Crippen LogP contribution in [0.1, 0.15) is 62.3 Å². The molecule has 156 valence electrons. The molecule has 0 spiro atoms. The molecule has 0 aromatic carbocycles. The van der Waals surface area contributed by atoms with E-state index >= 15 is 0 Å². The summed E-state index contributed by atoms with van der Waals surface area (Å²) in [5.41, 5.74) is 1.16. The number of nitrogens with one attached hydrogen (secondary N) is 1. The molecular formula is C20H27N5O4. The predicted molar refractivity (Wildman–Crippen MR) is 106 cm³/mol. The van der Waals surface area contributed by atoms with Crippen LogP contribution in [0, 0.1) is 0 Å². The number of ether oxygens (including phenoxy) is 1. The Hall–Kier alpha value is -2.84. The number of hydrogen-bond donors (Lipinski definition) is 1. The van der Waals surface area contributed by atoms with Crippen LogP contribution in [-0.2, 0) is 17.7 Å². The first kappa shape index (κ1) is 19.5. The van der Waals surface area contributed by atoms with Crippen molar-refractivity contribution in [3.05, 3.63) is 33.4 Å². The minimum Gasteiger partial charge on any atom is -0.444 e. The number of hydrogen-bond acceptors (Lipinski definition) is 5. The lowest BCUT2D eigenvalue weighted by molar-refractivity contribution is 0.0193. The number of nitrogens with zero attached hydrogens (tertiary/aromatic N) is 4. The maximum Gasteiger partial charge on any atom is 0.410 e. The Kier molecular flexibility index (Phi) is 4.63. The molecule has 0 saturated carbocycles. The third-order valence-electron chi connectivity index (χ3n) is 5.42. The molecule has 9 heteroatoms. The zero-order valence-electron chi connectivity index (χ0n) is 17.3. The second-order valence-corrected chi connectivity index (χ2v) is 8.73. The van der Waals surface area contributed by atoms with Crippen LogP contribution in [0.15, 0.2) is 10.9 Å². The summed E-state index contributed by atoms with van der Waals surface area (Å²) in [6.07, 6.45) is 2.05. The maximum atomic E-state index is 12.9. The molecule has 0 bridgehead atoms. The van der Waals surface area contributed by atoms with E-state index in [1.165, 1.54) is 4.52 Å². The minimum absolute atomic E-state index is 0.123. The molecule has 0 aliphatic carbocycles. The molecule has 2 aromatic rings. The summed E-state index contributed by atoms with van der Waals surface area (Å²) >= 11 is 0. The maximum absolute atomic E-state index is 12.9. The number of aromatic amines is 1. The molecule has 0 unspecified atom stereocenters. The topological polar surface area (TPSA) is 100 Å². The fraction of sp³-hybridized carbons (Fsp3) is 0.600. The van der Waals surface area contributed by atoms with Gasteiger partial charge < -0.3 is 14.5 Å². The van der Waals surface area contributed by atoms with Crippen LogP contribution >= 0.6 is 0 Å². The van der Waals surface area contributed by atoms with Gasteiger partial charge in [-0.25, -0.2) is 14.3 Å². The number of aromatic nitrogens is 3. The first-order valence-corrected chi connectivity index (χ1v) is 10.1. The first-order chi connectivity index (χ1) is 13.7. The van der Waals surface area contributed by atoms with Gasteiger partial charge in [-0.15, -0.1) is 0 Å². The highest BCUT2D eigenvalue weighted by Gasteiger charge is 2.38. The van der Waals surface area contributed by atoms with Crippen molar-refractivity contribution < 1.29 is 14.3 Å². The highest BCUT2D eigenvalue weighted by atomic mass is 16.6. The summed E-state index contributed by atoms with van der Waals surface area (Å²) in [7, 11) is 0. The molecule has 1 saturated heterocycles. The molecule has 0 radical (unpaired) electrons. The Labute approximate surface area is 168 Å². The SMILES string of the molecule is CCc1cc2nc3c(c(=O)n2[nH]1)CN(C[C@H]1CCCN1C(=O)OC(C)(C)C)C3=O. The number of carbonyl (C=O) groups is 2. The van der Waals surface area contributed by atoms with Gasteiger partial charge in [0, 0.05) is 24.8 Å². The van der Waals surface area contributed by atoms with Gasteiger partial charge in [0.15, 0.2) is 5.65 Å². The summed E-state index contributed by atoms with van der Waals surface area (Å²) in [6.45, 7) is 8.67. The molecule has 1 fully saturated rings. The number of aryl methyl sites for hydroxylation is 1. The largest absolute Gasteiger partial charge is 0.444 e. The summed E-state index contributed by atoms with van der Waals surface area (Å²) in [5.74, 6) is -0.255. The van der Waals surface area contributed by atoms with E-state index < -0.39 is 5.60 Å². The van der Waals surface area contributed by atoms with Gasteiger partial charge in [-0.05, 0) is 40.0 Å². The van der Waals surface area contributed by atoms with Crippen LogP contribution in [-0.4, -0.2) is 61.1 Å². The highest BCUT2D eigenvalue weighted by Crippen LogP contribution is 2.25. The molecule has 4 heterocycles. The van der Waals surface area contributed by atoms with Crippen molar-refractivity contribution in [1.82, 2.24) is 24.4 Å². The number of carbonyl (C=O) groups excluding carboxylic acids is 2. The van der Waals surface area contributed by atoms with Gasteiger partial charge in [-0.2, -0.15) is 0 Å². The summed E-state index contributed by atoms with van der Waals surface area (Å²) in [4.78, 5) is 46.0. The fourth-order valence-corrected chi connectivity index (χ4v) is 4.01. The summed E-state index contributed by atoms with van der Waals surface area (Å²) in [6, 6.07) is 1.67. The monoisotopic (exact) mass is 401 g/mol. The van der Waals surface area contributed by atoms with Crippen LogP contribution in [0.2, 0.25) is 0 Å². The quantitative estimate of drug-likeness (QED) is 0.847. The van der Waals surface area contributed by atoms with Crippen LogP contribution in [0.3, 0.4) is 0 Å². The molecule has 9 nitrogen and oxygen atoms in total. The van der Waals surface area contributed by atoms with Gasteiger partial charge in [-0.1, -0.05) is 6.92 Å². The molecule has 2 aliphatic rings. The molecule has 2 aromatic heterocycles. The van der Waals surface area contributed by atoms with E-state index in [1.807, 2.05) is 27.7 Å². The lowest BCUT2D eigenvalue weighted by atomic mass is 10.2. The molecular weight excluding hydrogens is 374 g/mol. The number of rotatable bonds is 3. The van der Waals surface area contributed by atoms with Crippen LogP contribution in [0.25, 0.3) is 5.65 Å². The Morgan fingerprint density at radius 1 is 1.34 bits per heavy atom. The molecule has 1 atom stereocenters. The van der Waals surface area contributed by atoms with Crippen molar-refractivity contribution in [1.29, 1.82) is 0 Å². The number of amides is 2. The zero-order chi connectivity index (χ0) is 20.9. The van der Waals surface area contributed by atoms with E-state index in [0.29, 0.717) is 24.3 Å². The summed E-state index contributed by atoms with van der Waals surface area (Å²) in [5, 5.41) is 3.03. The van der Waals surface area contributed by atoms with E-state index in [1.54, 1.807) is 15.9 Å². The van der Waals surface area contributed by atoms with Gasteiger partial charge in [0.1, 0.15) is 11.3 Å². The third-order valence-corrected chi connectivity index (χ3v) is 5.42. The van der Waals surface area contributed by atoms with E-state index in [4.69, 9.17) is 4.74 Å². The summed E-state index contributed by atoms with van der Waals surface area (Å²) < 4.78 is 6.90. The third kappa shape index (κ3) is 3.49. The molecule has 4 rings (SSSR count). The average Bonchev–Trinajstić information content (AvgIpc) is 3.33. The number of fused-ring (bicyclic) bond motifs is 2. The highest BCUT2D eigenvalue weighted by molar-refractivity contribution is 5.96. The Morgan fingerprint density at radius 3 is 2.79 bits per heavy atom. The minimum atomic E-state index is -0.569. The van der Waals surface area contributed by atoms with Crippen molar-refractivity contribution in [2.75, 3.05) is 13.1 Å². The van der Waals surface area contributed by atoms with Gasteiger partial charge in [-0.3, -0.25) is 14.7 Å². The van der Waals surface area contributed by atoms with Crippen LogP contribution < -0.4 is 5.56 Å². The molecule has 1 N–H and O–H groups in total. The molecule has 29 heavy (non-hydrogen) atoms. The standard InChI is InChI=1S/C20H27N5O4/c1-5-12-9-15-21-16-14(17(26)25(15)22-12)11-23(18(16)27)10-13-7-6-8-24(13)19(28)29-20(2,3)4/h9,13,22H,5-8,10-11H2,1-4H3/t13-/m1/s1. The Morgan fingerprint density at radius 2 is 2.10 bits per heavy atom. The van der Waals surface area contributed by atoms with Gasteiger partial charge in [0.25, 0.3) is 11.5 Å². The fourth-order valence-electron chi connectivity index (χ4n) is 4.01. The van der Waals surface area contributed by atoms with Crippen molar-refractivity contribution >= 4 is 17.6 Å². The predicted octanol–water partition coefficient (Wildman–Crippen LogP) is 1.94. The Balaban J connectivity index is 1.54. The van der Waals surface area contributed by atoms with E-state index in [-0.39, 0.29) is 35.8 Å². The second-order valence-electron chi connectivity index (χ2n) is 8.73. The van der Waals surface area contributed by atoms with Crippen LogP contribution in [0.5, 0.6) is 0 Å². The van der Waals surface area contributed by atoms with Crippen molar-refractivity contribution in [3.63, 3.8) is 0 Å². The van der Waals surface area contributed by atoms with Crippen LogP contribution in [0.4, 0.5) is 4.79 Å². The van der Waals surface area contributed by atoms with Gasteiger partial charge >= 0.3 is 6.09 Å². The first-order valence-electron chi connectivity index (χ1n) is 10.1. The smallest absolute Gasteiger partial charge is 0.410 e. The van der Waals surface area contributed by atoms with Gasteiger partial charge in [0.2, 0.25) is 0 Å². The zero-order valence-corrected chi connectivity index (χ0v) is 17.3. The van der Waals surface area contributed by atoms with E-state index in [9.17, 15) is 14.4 Å². The molecule has 2 amide bonds. The second kappa shape index (κ2) is 6.89. The van der Waals surface area contributed by atoms with E-state index in [0.717, 1.165) is 25.0 Å². The molecule has 2 aliphatic heterocycles. The lowest BCUT2D eigenvalue weighted by Gasteiger charge is -2.30.